The van der Waals surface area contributed by atoms with Crippen molar-refractivity contribution in [1.29, 1.82) is 0 Å². The van der Waals surface area contributed by atoms with Crippen molar-refractivity contribution >= 4 is 40.8 Å². The highest BCUT2D eigenvalue weighted by molar-refractivity contribution is 6.34. The van der Waals surface area contributed by atoms with E-state index < -0.39 is 17.1 Å². The number of fused-ring (bicyclic) bond motifs is 1. The molecule has 0 saturated heterocycles. The van der Waals surface area contributed by atoms with Crippen LogP contribution < -0.4 is 27.7 Å². The molecule has 130 valence electrons. The molecule has 9 nitrogen and oxygen atoms in total. The number of nitrogens with one attached hydrogen (secondary N) is 2. The fourth-order valence-corrected chi connectivity index (χ4v) is 2.95. The first-order valence-electron chi connectivity index (χ1n) is 7.30. The number of carbonyl (C=O) groups excluding carboxylic acids is 1. The van der Waals surface area contributed by atoms with Crippen LogP contribution in [0.5, 0.6) is 0 Å². The zero-order valence-corrected chi connectivity index (χ0v) is 14.3. The molecule has 1 amide bonds. The zero-order chi connectivity index (χ0) is 18.4. The van der Waals surface area contributed by atoms with Gasteiger partial charge in [0.1, 0.15) is 29.1 Å². The Bertz CT molecular complexity index is 965. The van der Waals surface area contributed by atoms with E-state index in [4.69, 9.17) is 23.1 Å². The molecule has 0 fully saturated rings. The number of amides is 1. The molecule has 0 spiro atoms. The molecule has 0 aliphatic carbocycles. The van der Waals surface area contributed by atoms with Crippen molar-refractivity contribution in [2.24, 2.45) is 5.73 Å². The van der Waals surface area contributed by atoms with Gasteiger partial charge in [-0.1, -0.05) is 11.6 Å². The summed E-state index contributed by atoms with van der Waals surface area (Å²) in [6.45, 7) is 3.40. The largest absolute Gasteiger partial charge is 0.405 e. The third-order valence-corrected chi connectivity index (χ3v) is 4.06. The average Bonchev–Trinajstić information content (AvgIpc) is 2.78. The van der Waals surface area contributed by atoms with Crippen LogP contribution in [-0.4, -0.2) is 20.4 Å². The van der Waals surface area contributed by atoms with Crippen molar-refractivity contribution in [3.63, 3.8) is 0 Å². The molecule has 0 radical (unpaired) electrons. The van der Waals surface area contributed by atoms with Crippen LogP contribution in [0, 0.1) is 0 Å². The van der Waals surface area contributed by atoms with Crippen molar-refractivity contribution < 1.29 is 4.79 Å². The molecule has 3 heterocycles. The molecule has 10 heteroatoms. The summed E-state index contributed by atoms with van der Waals surface area (Å²) in [6, 6.07) is 1.37. The Kier molecular flexibility index (Phi) is 3.88. The maximum Gasteiger partial charge on any atom is 0.276 e. The third kappa shape index (κ3) is 2.68. The standard InChI is InChI=1S/C15H16ClN7O2/c1-15(2)22-13(24)11-7(16)5-9(14(25)23(11)15)21-12-10(18)8(3-4-17)19-6-20-12/h3-6H,17-18H2,1-2H3,(H,22,24)(H,19,20,21)/b4-3-. The number of nitrogen functional groups attached to an aromatic ring is 1. The molecular formula is C15H16ClN7O2. The van der Waals surface area contributed by atoms with Gasteiger partial charge in [0, 0.05) is 0 Å². The van der Waals surface area contributed by atoms with E-state index in [2.05, 4.69) is 20.6 Å². The molecule has 0 bridgehead atoms. The Morgan fingerprint density at radius 2 is 2.08 bits per heavy atom. The van der Waals surface area contributed by atoms with E-state index >= 15 is 0 Å². The van der Waals surface area contributed by atoms with E-state index in [1.165, 1.54) is 29.2 Å². The first-order chi connectivity index (χ1) is 11.8. The van der Waals surface area contributed by atoms with Crippen molar-refractivity contribution in [3.8, 4) is 0 Å². The summed E-state index contributed by atoms with van der Waals surface area (Å²) < 4.78 is 1.30. The van der Waals surface area contributed by atoms with Gasteiger partial charge in [0.05, 0.1) is 10.7 Å². The van der Waals surface area contributed by atoms with E-state index in [-0.39, 0.29) is 27.9 Å². The molecule has 6 N–H and O–H groups in total. The predicted octanol–water partition coefficient (Wildman–Crippen LogP) is 0.983. The van der Waals surface area contributed by atoms with E-state index in [9.17, 15) is 9.59 Å². The summed E-state index contributed by atoms with van der Waals surface area (Å²) >= 11 is 6.20. The maximum absolute atomic E-state index is 12.8. The number of pyridine rings is 1. The molecule has 2 aromatic rings. The van der Waals surface area contributed by atoms with Gasteiger partial charge in [-0.2, -0.15) is 0 Å². The van der Waals surface area contributed by atoms with Crippen LogP contribution in [0.25, 0.3) is 6.08 Å². The molecule has 3 rings (SSSR count). The SMILES string of the molecule is CC1(C)NC(=O)c2c(Cl)cc(Nc3ncnc(/C=C\N)c3N)c(=O)n21. The summed E-state index contributed by atoms with van der Waals surface area (Å²) in [5.74, 6) is -0.178. The minimum Gasteiger partial charge on any atom is -0.405 e. The highest BCUT2D eigenvalue weighted by Gasteiger charge is 2.38. The first-order valence-corrected chi connectivity index (χ1v) is 7.68. The second-order valence-corrected chi connectivity index (χ2v) is 6.32. The Labute approximate surface area is 147 Å². The van der Waals surface area contributed by atoms with Crippen LogP contribution >= 0.6 is 11.6 Å². The maximum atomic E-state index is 12.8. The average molecular weight is 362 g/mol. The topological polar surface area (TPSA) is 141 Å². The summed E-state index contributed by atoms with van der Waals surface area (Å²) in [6.07, 6.45) is 4.09. The number of aromatic nitrogens is 3. The molecule has 2 aromatic heterocycles. The van der Waals surface area contributed by atoms with Crippen LogP contribution in [0.2, 0.25) is 5.02 Å². The molecule has 0 atom stereocenters. The predicted molar refractivity (Wildman–Crippen MR) is 95.4 cm³/mol. The quantitative estimate of drug-likeness (QED) is 0.638. The van der Waals surface area contributed by atoms with Crippen molar-refractivity contribution in [2.45, 2.75) is 19.5 Å². The highest BCUT2D eigenvalue weighted by Crippen LogP contribution is 2.29. The molecule has 0 aromatic carbocycles. The minimum atomic E-state index is -0.907. The summed E-state index contributed by atoms with van der Waals surface area (Å²) in [7, 11) is 0. The minimum absolute atomic E-state index is 0.115. The monoisotopic (exact) mass is 361 g/mol. The molecule has 0 unspecified atom stereocenters. The summed E-state index contributed by atoms with van der Waals surface area (Å²) in [5.41, 5.74) is 10.9. The molecule has 1 aliphatic heterocycles. The van der Waals surface area contributed by atoms with Crippen molar-refractivity contribution in [3.05, 3.63) is 45.4 Å². The number of hydrogen-bond acceptors (Lipinski definition) is 7. The number of hydrogen-bond donors (Lipinski definition) is 4. The number of anilines is 3. The normalized spacial score (nSPS) is 15.2. The smallest absolute Gasteiger partial charge is 0.276 e. The number of carbonyl (C=O) groups is 1. The van der Waals surface area contributed by atoms with E-state index in [0.717, 1.165) is 0 Å². The number of rotatable bonds is 3. The Morgan fingerprint density at radius 1 is 1.36 bits per heavy atom. The van der Waals surface area contributed by atoms with Gasteiger partial charge in [-0.25, -0.2) is 9.97 Å². The molecule has 1 aliphatic rings. The van der Waals surface area contributed by atoms with Gasteiger partial charge in [-0.15, -0.1) is 0 Å². The highest BCUT2D eigenvalue weighted by atomic mass is 35.5. The third-order valence-electron chi connectivity index (χ3n) is 3.77. The Hall–Kier alpha value is -3.07. The van der Waals surface area contributed by atoms with E-state index in [0.29, 0.717) is 5.69 Å². The van der Waals surface area contributed by atoms with Crippen LogP contribution in [-0.2, 0) is 5.66 Å². The fourth-order valence-electron chi connectivity index (χ4n) is 2.67. The van der Waals surface area contributed by atoms with Gasteiger partial charge >= 0.3 is 0 Å². The van der Waals surface area contributed by atoms with Gasteiger partial charge in [0.2, 0.25) is 0 Å². The van der Waals surface area contributed by atoms with Crippen LogP contribution in [0.1, 0.15) is 30.0 Å². The zero-order valence-electron chi connectivity index (χ0n) is 13.5. The summed E-state index contributed by atoms with van der Waals surface area (Å²) in [4.78, 5) is 32.9. The lowest BCUT2D eigenvalue weighted by molar-refractivity contribution is 0.0935. The van der Waals surface area contributed by atoms with Gasteiger partial charge in [0.25, 0.3) is 11.5 Å². The number of halogens is 1. The van der Waals surface area contributed by atoms with Crippen LogP contribution in [0.3, 0.4) is 0 Å². The second kappa shape index (κ2) is 5.78. The fraction of sp³-hybridized carbons (Fsp3) is 0.200. The second-order valence-electron chi connectivity index (χ2n) is 5.91. The van der Waals surface area contributed by atoms with Crippen molar-refractivity contribution in [1.82, 2.24) is 19.9 Å². The number of nitrogens with zero attached hydrogens (tertiary/aromatic N) is 3. The lowest BCUT2D eigenvalue weighted by Gasteiger charge is -2.22. The van der Waals surface area contributed by atoms with Gasteiger partial charge < -0.3 is 22.1 Å². The lowest BCUT2D eigenvalue weighted by Crippen LogP contribution is -2.42. The molecule has 0 saturated carbocycles. The first kappa shape index (κ1) is 16.8. The van der Waals surface area contributed by atoms with Gasteiger partial charge in [0.15, 0.2) is 5.82 Å². The van der Waals surface area contributed by atoms with E-state index in [1.54, 1.807) is 13.8 Å². The van der Waals surface area contributed by atoms with Gasteiger partial charge in [-0.3, -0.25) is 14.2 Å². The molecule has 25 heavy (non-hydrogen) atoms. The lowest BCUT2D eigenvalue weighted by atomic mass is 10.2. The van der Waals surface area contributed by atoms with Crippen molar-refractivity contribution in [2.75, 3.05) is 11.1 Å². The Morgan fingerprint density at radius 3 is 2.76 bits per heavy atom. The van der Waals surface area contributed by atoms with Crippen LogP contribution in [0.4, 0.5) is 17.2 Å². The van der Waals surface area contributed by atoms with Crippen LogP contribution in [0.15, 0.2) is 23.4 Å². The summed E-state index contributed by atoms with van der Waals surface area (Å²) in [5, 5.41) is 5.70. The van der Waals surface area contributed by atoms with E-state index in [1.807, 2.05) is 0 Å². The van der Waals surface area contributed by atoms with Gasteiger partial charge in [-0.05, 0) is 32.2 Å². The number of nitrogens with two attached hydrogens (primary N) is 2. The Balaban J connectivity index is 2.13. The molecular weight excluding hydrogens is 346 g/mol.